The van der Waals surface area contributed by atoms with E-state index in [0.29, 0.717) is 6.42 Å². The largest absolute Gasteiger partial charge is 0.313 e. The monoisotopic (exact) mass is 472 g/mol. The number of hydrogen-bond acceptors (Lipinski definition) is 2. The fraction of sp³-hybridized carbons (Fsp3) is 0.172. The Labute approximate surface area is 197 Å². The van der Waals surface area contributed by atoms with Crippen molar-refractivity contribution < 1.29 is 9.13 Å². The molecule has 2 atom stereocenters. The molecule has 0 aliphatic heterocycles. The van der Waals surface area contributed by atoms with Gasteiger partial charge in [0.2, 0.25) is 0 Å². The molecular formula is C29H30O2P2. The van der Waals surface area contributed by atoms with Gasteiger partial charge in [-0.3, -0.25) is 0 Å². The fourth-order valence-electron chi connectivity index (χ4n) is 4.70. The van der Waals surface area contributed by atoms with Crippen molar-refractivity contribution in [1.29, 1.82) is 0 Å². The van der Waals surface area contributed by atoms with Gasteiger partial charge < -0.3 is 9.13 Å². The molecule has 4 heteroatoms. The molecule has 33 heavy (non-hydrogen) atoms. The van der Waals surface area contributed by atoms with Gasteiger partial charge in [0.05, 0.1) is 0 Å². The predicted molar refractivity (Wildman–Crippen MR) is 143 cm³/mol. The van der Waals surface area contributed by atoms with Crippen LogP contribution in [-0.2, 0) is 9.13 Å². The second-order valence-corrected chi connectivity index (χ2v) is 15.1. The van der Waals surface area contributed by atoms with Gasteiger partial charge >= 0.3 is 0 Å². The van der Waals surface area contributed by atoms with Crippen LogP contribution in [0, 0.1) is 0 Å². The Bertz CT molecular complexity index is 1070. The second-order valence-electron chi connectivity index (χ2n) is 8.59. The minimum atomic E-state index is -2.94. The van der Waals surface area contributed by atoms with Gasteiger partial charge in [-0.15, -0.1) is 0 Å². The molecule has 168 valence electrons. The third-order valence-corrected chi connectivity index (χ3v) is 13.6. The Morgan fingerprint density at radius 2 is 0.667 bits per heavy atom. The zero-order chi connectivity index (χ0) is 23.3. The first-order valence-corrected chi connectivity index (χ1v) is 14.9. The van der Waals surface area contributed by atoms with Crippen molar-refractivity contribution in [1.82, 2.24) is 0 Å². The smallest absolute Gasteiger partial charge is 0.145 e. The minimum absolute atomic E-state index is 0.168. The lowest BCUT2D eigenvalue weighted by Gasteiger charge is -2.32. The lowest BCUT2D eigenvalue weighted by molar-refractivity contribution is 0.564. The molecule has 0 saturated heterocycles. The van der Waals surface area contributed by atoms with Crippen molar-refractivity contribution in [3.05, 3.63) is 121 Å². The van der Waals surface area contributed by atoms with E-state index in [0.717, 1.165) is 21.2 Å². The highest BCUT2D eigenvalue weighted by Gasteiger charge is 2.40. The van der Waals surface area contributed by atoms with Gasteiger partial charge in [0, 0.05) is 32.5 Å². The summed E-state index contributed by atoms with van der Waals surface area (Å²) in [5.74, 6) is 0. The Morgan fingerprint density at radius 1 is 0.455 bits per heavy atom. The van der Waals surface area contributed by atoms with Crippen LogP contribution in [0.4, 0.5) is 0 Å². The summed E-state index contributed by atoms with van der Waals surface area (Å²) >= 11 is 0. The van der Waals surface area contributed by atoms with E-state index in [-0.39, 0.29) is 11.3 Å². The van der Waals surface area contributed by atoms with Crippen molar-refractivity contribution in [2.75, 3.05) is 0 Å². The quantitative estimate of drug-likeness (QED) is 0.287. The van der Waals surface area contributed by atoms with E-state index in [4.69, 9.17) is 0 Å². The van der Waals surface area contributed by atoms with Crippen LogP contribution < -0.4 is 21.2 Å². The van der Waals surface area contributed by atoms with Gasteiger partial charge in [-0.2, -0.15) is 0 Å². The van der Waals surface area contributed by atoms with Crippen LogP contribution in [0.25, 0.3) is 0 Å². The topological polar surface area (TPSA) is 34.1 Å². The molecular weight excluding hydrogens is 442 g/mol. The van der Waals surface area contributed by atoms with Crippen molar-refractivity contribution in [2.24, 2.45) is 0 Å². The van der Waals surface area contributed by atoms with Crippen molar-refractivity contribution in [3.8, 4) is 0 Å². The summed E-state index contributed by atoms with van der Waals surface area (Å²) in [6.45, 7) is 4.11. The van der Waals surface area contributed by atoms with Crippen LogP contribution in [0.15, 0.2) is 121 Å². The van der Waals surface area contributed by atoms with Crippen LogP contribution in [0.5, 0.6) is 0 Å². The first-order valence-electron chi connectivity index (χ1n) is 11.4. The molecule has 0 N–H and O–H groups in total. The molecule has 4 aromatic rings. The summed E-state index contributed by atoms with van der Waals surface area (Å²) in [6.07, 6.45) is 0.585. The zero-order valence-electron chi connectivity index (χ0n) is 19.1. The molecule has 2 nitrogen and oxygen atoms in total. The summed E-state index contributed by atoms with van der Waals surface area (Å²) in [4.78, 5) is 0. The maximum absolute atomic E-state index is 14.8. The maximum atomic E-state index is 14.8. The zero-order valence-corrected chi connectivity index (χ0v) is 20.9. The standard InChI is InChI=1S/C29H30O2P2/c1-24(32(30,26-15-7-3-8-16-26)27-17-9-4-10-18-27)23-25(2)33(31,28-19-11-5-12-20-28)29-21-13-6-14-22-29/h3-22,24-25H,23H2,1-2H3. The molecule has 0 fully saturated rings. The first-order chi connectivity index (χ1) is 16.0. The minimum Gasteiger partial charge on any atom is -0.313 e. The Kier molecular flexibility index (Phi) is 7.18. The average molecular weight is 473 g/mol. The summed E-state index contributed by atoms with van der Waals surface area (Å²) in [6, 6.07) is 39.0. The molecule has 2 unspecified atom stereocenters. The van der Waals surface area contributed by atoms with Crippen LogP contribution in [0.1, 0.15) is 20.3 Å². The summed E-state index contributed by atoms with van der Waals surface area (Å²) in [7, 11) is -5.89. The highest BCUT2D eigenvalue weighted by atomic mass is 31.2. The molecule has 4 rings (SSSR count). The van der Waals surface area contributed by atoms with Crippen LogP contribution >= 0.6 is 14.3 Å². The summed E-state index contributed by atoms with van der Waals surface area (Å²) in [5.41, 5.74) is -0.337. The Hall–Kier alpha value is -2.66. The molecule has 0 heterocycles. The van der Waals surface area contributed by atoms with E-state index in [1.165, 1.54) is 0 Å². The van der Waals surface area contributed by atoms with Gasteiger partial charge in [0.15, 0.2) is 0 Å². The number of rotatable bonds is 8. The van der Waals surface area contributed by atoms with E-state index in [1.807, 2.05) is 121 Å². The Morgan fingerprint density at radius 3 is 0.879 bits per heavy atom. The fourth-order valence-corrected chi connectivity index (χ4v) is 11.2. The summed E-state index contributed by atoms with van der Waals surface area (Å²) < 4.78 is 29.5. The molecule has 0 spiro atoms. The molecule has 0 bridgehead atoms. The van der Waals surface area contributed by atoms with E-state index in [1.54, 1.807) is 0 Å². The average Bonchev–Trinajstić information content (AvgIpc) is 2.89. The lowest BCUT2D eigenvalue weighted by Crippen LogP contribution is -2.30. The highest BCUT2D eigenvalue weighted by molar-refractivity contribution is 7.80. The van der Waals surface area contributed by atoms with Crippen molar-refractivity contribution >= 4 is 35.5 Å². The summed E-state index contributed by atoms with van der Waals surface area (Å²) in [5, 5.41) is 3.41. The predicted octanol–water partition coefficient (Wildman–Crippen LogP) is 6.18. The van der Waals surface area contributed by atoms with Gasteiger partial charge in [-0.25, -0.2) is 0 Å². The van der Waals surface area contributed by atoms with E-state index < -0.39 is 14.3 Å². The SMILES string of the molecule is CC(CC(C)P(=O)(c1ccccc1)c1ccccc1)P(=O)(c1ccccc1)c1ccccc1. The third kappa shape index (κ3) is 4.56. The van der Waals surface area contributed by atoms with Gasteiger partial charge in [0.1, 0.15) is 14.3 Å². The molecule has 0 radical (unpaired) electrons. The lowest BCUT2D eigenvalue weighted by atomic mass is 10.3. The van der Waals surface area contributed by atoms with Crippen LogP contribution in [0.2, 0.25) is 0 Å². The number of hydrogen-bond donors (Lipinski definition) is 0. The first kappa shape index (κ1) is 23.5. The normalized spacial score (nSPS) is 13.9. The van der Waals surface area contributed by atoms with E-state index in [9.17, 15) is 9.13 Å². The molecule has 0 saturated carbocycles. The highest BCUT2D eigenvalue weighted by Crippen LogP contribution is 2.56. The molecule has 0 amide bonds. The van der Waals surface area contributed by atoms with Gasteiger partial charge in [0.25, 0.3) is 0 Å². The maximum Gasteiger partial charge on any atom is 0.145 e. The van der Waals surface area contributed by atoms with Crippen molar-refractivity contribution in [3.63, 3.8) is 0 Å². The second kappa shape index (κ2) is 10.1. The van der Waals surface area contributed by atoms with Crippen molar-refractivity contribution in [2.45, 2.75) is 31.6 Å². The van der Waals surface area contributed by atoms with E-state index in [2.05, 4.69) is 13.8 Å². The third-order valence-electron chi connectivity index (χ3n) is 6.48. The molecule has 0 aromatic heterocycles. The van der Waals surface area contributed by atoms with Gasteiger partial charge in [-0.05, 0) is 6.42 Å². The number of benzene rings is 4. The van der Waals surface area contributed by atoms with Gasteiger partial charge in [-0.1, -0.05) is 135 Å². The molecule has 4 aromatic carbocycles. The Balaban J connectivity index is 1.77. The molecule has 0 aliphatic carbocycles. The van der Waals surface area contributed by atoms with E-state index >= 15 is 0 Å². The molecule has 0 aliphatic rings. The van der Waals surface area contributed by atoms with Crippen LogP contribution in [-0.4, -0.2) is 11.3 Å². The van der Waals surface area contributed by atoms with Crippen LogP contribution in [0.3, 0.4) is 0 Å².